The van der Waals surface area contributed by atoms with Crippen molar-refractivity contribution in [2.45, 2.75) is 6.42 Å². The first-order valence-electron chi connectivity index (χ1n) is 3.73. The number of hydrogen-bond donors (Lipinski definition) is 0. The lowest BCUT2D eigenvalue weighted by atomic mass is 10.1. The van der Waals surface area contributed by atoms with Crippen molar-refractivity contribution in [3.05, 3.63) is 44.9 Å². The summed E-state index contributed by atoms with van der Waals surface area (Å²) >= 11 is 0. The molecule has 0 saturated heterocycles. The molecule has 14 heavy (non-hydrogen) atoms. The summed E-state index contributed by atoms with van der Waals surface area (Å²) in [6, 6.07) is 5.73. The van der Waals surface area contributed by atoms with Gasteiger partial charge in [0.1, 0.15) is 0 Å². The van der Waals surface area contributed by atoms with Gasteiger partial charge < -0.3 is 0 Å². The number of nitro groups is 1. The Bertz CT molecular complexity index is 389. The molecular weight excluding hydrogens is 188 g/mol. The minimum atomic E-state index is -0.917. The topological polar surface area (TPSA) is 89.6 Å². The van der Waals surface area contributed by atoms with Crippen molar-refractivity contribution >= 4 is 11.6 Å². The molecule has 0 atom stereocenters. The van der Waals surface area contributed by atoms with Gasteiger partial charge in [-0.05, 0) is 0 Å². The number of hydrogen-bond acceptors (Lipinski definition) is 4. The number of amides is 1. The van der Waals surface area contributed by atoms with Gasteiger partial charge in [0.2, 0.25) is 0 Å². The van der Waals surface area contributed by atoms with E-state index in [1.54, 1.807) is 6.07 Å². The van der Waals surface area contributed by atoms with Crippen LogP contribution in [0.15, 0.2) is 29.4 Å². The highest BCUT2D eigenvalue weighted by Gasteiger charge is 2.15. The summed E-state index contributed by atoms with van der Waals surface area (Å²) in [5, 5.41) is 12.6. The summed E-state index contributed by atoms with van der Waals surface area (Å²) in [5.74, 6) is -0.917. The third-order valence-electron chi connectivity index (χ3n) is 1.63. The largest absolute Gasteiger partial charge is 0.290 e. The summed E-state index contributed by atoms with van der Waals surface area (Å²) in [6.45, 7) is 0. The Morgan fingerprint density at radius 1 is 1.43 bits per heavy atom. The highest BCUT2D eigenvalue weighted by molar-refractivity contribution is 5.80. The second-order valence-corrected chi connectivity index (χ2v) is 2.55. The second kappa shape index (κ2) is 4.22. The van der Waals surface area contributed by atoms with E-state index in [1.807, 2.05) is 0 Å². The van der Waals surface area contributed by atoms with Crippen molar-refractivity contribution in [2.75, 3.05) is 0 Å². The zero-order chi connectivity index (χ0) is 10.6. The van der Waals surface area contributed by atoms with Crippen LogP contribution in [-0.2, 0) is 11.2 Å². The molecule has 1 aromatic rings. The van der Waals surface area contributed by atoms with Crippen LogP contribution in [0.1, 0.15) is 5.56 Å². The van der Waals surface area contributed by atoms with E-state index < -0.39 is 10.8 Å². The van der Waals surface area contributed by atoms with Gasteiger partial charge in [-0.2, -0.15) is 0 Å². The fraction of sp³-hybridized carbons (Fsp3) is 0.125. The number of para-hydroxylation sites is 1. The molecule has 0 N–H and O–H groups in total. The van der Waals surface area contributed by atoms with Crippen LogP contribution in [-0.4, -0.2) is 10.8 Å². The molecule has 0 radical (unpaired) electrons. The van der Waals surface area contributed by atoms with Crippen LogP contribution < -0.4 is 0 Å². The lowest BCUT2D eigenvalue weighted by molar-refractivity contribution is -0.385. The van der Waals surface area contributed by atoms with Crippen molar-refractivity contribution in [3.8, 4) is 0 Å². The van der Waals surface area contributed by atoms with Crippen molar-refractivity contribution in [1.29, 1.82) is 0 Å². The van der Waals surface area contributed by atoms with Crippen LogP contribution in [0.5, 0.6) is 0 Å². The molecule has 6 nitrogen and oxygen atoms in total. The van der Waals surface area contributed by atoms with Crippen LogP contribution in [0.3, 0.4) is 0 Å². The molecule has 0 heterocycles. The molecule has 1 amide bonds. The van der Waals surface area contributed by atoms with E-state index in [1.165, 1.54) is 18.2 Å². The molecular formula is C8H6N2O4. The van der Waals surface area contributed by atoms with Gasteiger partial charge >= 0.3 is 0 Å². The molecule has 0 bridgehead atoms. The van der Waals surface area contributed by atoms with Gasteiger partial charge in [-0.25, -0.2) is 0 Å². The Balaban J connectivity index is 3.01. The van der Waals surface area contributed by atoms with Gasteiger partial charge in [-0.1, -0.05) is 18.2 Å². The number of nitrogens with zero attached hydrogens (tertiary/aromatic N) is 2. The van der Waals surface area contributed by atoms with E-state index in [9.17, 15) is 19.8 Å². The Morgan fingerprint density at radius 3 is 2.64 bits per heavy atom. The summed E-state index contributed by atoms with van der Waals surface area (Å²) in [4.78, 5) is 30.3. The van der Waals surface area contributed by atoms with Gasteiger partial charge in [0.05, 0.1) is 11.3 Å². The first-order valence-corrected chi connectivity index (χ1v) is 3.73. The first-order chi connectivity index (χ1) is 6.65. The fourth-order valence-electron chi connectivity index (χ4n) is 1.03. The smallest absolute Gasteiger partial charge is 0.269 e. The molecule has 0 aliphatic rings. The molecule has 0 aliphatic heterocycles. The molecule has 0 spiro atoms. The molecule has 1 aromatic carbocycles. The van der Waals surface area contributed by atoms with Gasteiger partial charge in [0.25, 0.3) is 11.6 Å². The van der Waals surface area contributed by atoms with Crippen LogP contribution >= 0.6 is 0 Å². The number of rotatable bonds is 3. The highest BCUT2D eigenvalue weighted by atomic mass is 16.6. The number of nitroso groups, excluding NO2 is 1. The molecule has 72 valence electrons. The number of carbonyl (C=O) groups is 1. The zero-order valence-electron chi connectivity index (χ0n) is 7.04. The maximum Gasteiger partial charge on any atom is 0.290 e. The van der Waals surface area contributed by atoms with E-state index >= 15 is 0 Å². The van der Waals surface area contributed by atoms with E-state index in [2.05, 4.69) is 5.18 Å². The Kier molecular flexibility index (Phi) is 3.01. The first kappa shape index (κ1) is 9.97. The maximum absolute atomic E-state index is 10.7. The normalized spacial score (nSPS) is 9.43. The predicted octanol–water partition coefficient (Wildman–Crippen LogP) is 1.43. The standard InChI is InChI=1S/C8H6N2O4/c11-8(9-12)5-6-3-1-2-4-7(6)10(13)14/h1-4H,5H2. The second-order valence-electron chi connectivity index (χ2n) is 2.55. The van der Waals surface area contributed by atoms with Gasteiger partial charge in [0.15, 0.2) is 0 Å². The highest BCUT2D eigenvalue weighted by Crippen LogP contribution is 2.18. The van der Waals surface area contributed by atoms with Gasteiger partial charge in [-0.3, -0.25) is 14.9 Å². The molecule has 0 aliphatic carbocycles. The maximum atomic E-state index is 10.7. The molecule has 6 heteroatoms. The molecule has 0 saturated carbocycles. The Labute approximate surface area is 78.7 Å². The van der Waals surface area contributed by atoms with E-state index in [0.29, 0.717) is 0 Å². The average Bonchev–Trinajstić information content (AvgIpc) is 2.18. The SMILES string of the molecule is O=NC(=O)Cc1ccccc1[N+](=O)[O-]. The molecule has 1 rings (SSSR count). The van der Waals surface area contributed by atoms with Crippen molar-refractivity contribution in [3.63, 3.8) is 0 Å². The lowest BCUT2D eigenvalue weighted by Crippen LogP contribution is -2.01. The summed E-state index contributed by atoms with van der Waals surface area (Å²) in [5.41, 5.74) is 0.0200. The summed E-state index contributed by atoms with van der Waals surface area (Å²) in [6.07, 6.45) is -0.333. The van der Waals surface area contributed by atoms with Crippen LogP contribution in [0, 0.1) is 15.0 Å². The number of nitro benzene ring substituents is 1. The summed E-state index contributed by atoms with van der Waals surface area (Å²) < 4.78 is 0. The minimum absolute atomic E-state index is 0.176. The monoisotopic (exact) mass is 194 g/mol. The minimum Gasteiger partial charge on any atom is -0.269 e. The molecule has 0 fully saturated rings. The van der Waals surface area contributed by atoms with Crippen molar-refractivity contribution < 1.29 is 9.72 Å². The van der Waals surface area contributed by atoms with Crippen LogP contribution in [0.4, 0.5) is 5.69 Å². The number of benzene rings is 1. The third-order valence-corrected chi connectivity index (χ3v) is 1.63. The quantitative estimate of drug-likeness (QED) is 0.413. The van der Waals surface area contributed by atoms with E-state index in [-0.39, 0.29) is 17.7 Å². The Hall–Kier alpha value is -2.11. The van der Waals surface area contributed by atoms with Gasteiger partial charge in [0, 0.05) is 16.8 Å². The molecule has 0 aromatic heterocycles. The third kappa shape index (κ3) is 2.19. The van der Waals surface area contributed by atoms with Crippen molar-refractivity contribution in [1.82, 2.24) is 0 Å². The predicted molar refractivity (Wildman–Crippen MR) is 47.6 cm³/mol. The average molecular weight is 194 g/mol. The zero-order valence-corrected chi connectivity index (χ0v) is 7.04. The Morgan fingerprint density at radius 2 is 2.07 bits per heavy atom. The van der Waals surface area contributed by atoms with Crippen LogP contribution in [0.25, 0.3) is 0 Å². The van der Waals surface area contributed by atoms with Gasteiger partial charge in [-0.15, -0.1) is 4.91 Å². The number of carbonyl (C=O) groups excluding carboxylic acids is 1. The summed E-state index contributed by atoms with van der Waals surface area (Å²) in [7, 11) is 0. The molecule has 0 unspecified atom stereocenters. The van der Waals surface area contributed by atoms with E-state index in [0.717, 1.165) is 0 Å². The van der Waals surface area contributed by atoms with Crippen molar-refractivity contribution in [2.24, 2.45) is 5.18 Å². The van der Waals surface area contributed by atoms with E-state index in [4.69, 9.17) is 0 Å². The lowest BCUT2D eigenvalue weighted by Gasteiger charge is -1.97. The van der Waals surface area contributed by atoms with Crippen LogP contribution in [0.2, 0.25) is 0 Å². The fourth-order valence-corrected chi connectivity index (χ4v) is 1.03.